The summed E-state index contributed by atoms with van der Waals surface area (Å²) < 4.78 is 5.25. The highest BCUT2D eigenvalue weighted by Crippen LogP contribution is 2.32. The number of ether oxygens (including phenoxy) is 1. The first kappa shape index (κ1) is 12.7. The lowest BCUT2D eigenvalue weighted by molar-refractivity contribution is 0.0741. The zero-order valence-electron chi connectivity index (χ0n) is 11.0. The first-order chi connectivity index (χ1) is 8.69. The van der Waals surface area contributed by atoms with Crippen LogP contribution in [0.2, 0.25) is 0 Å². The minimum absolute atomic E-state index is 0.00528. The Morgan fingerprint density at radius 1 is 1.50 bits per heavy atom. The summed E-state index contributed by atoms with van der Waals surface area (Å²) in [6.07, 6.45) is 3.15. The highest BCUT2D eigenvalue weighted by molar-refractivity contribution is 6.02. The molecule has 0 unspecified atom stereocenters. The molecule has 1 fully saturated rings. The van der Waals surface area contributed by atoms with Gasteiger partial charge in [0.1, 0.15) is 11.3 Å². The van der Waals surface area contributed by atoms with Gasteiger partial charge < -0.3 is 15.4 Å². The van der Waals surface area contributed by atoms with E-state index >= 15 is 0 Å². The van der Waals surface area contributed by atoms with Gasteiger partial charge in [0, 0.05) is 18.3 Å². The van der Waals surface area contributed by atoms with Crippen LogP contribution in [0.15, 0.2) is 18.2 Å². The quantitative estimate of drug-likeness (QED) is 0.813. The van der Waals surface area contributed by atoms with Crippen molar-refractivity contribution in [3.05, 3.63) is 23.8 Å². The summed E-state index contributed by atoms with van der Waals surface area (Å²) >= 11 is 0. The molecule has 1 amide bonds. The van der Waals surface area contributed by atoms with Crippen molar-refractivity contribution >= 4 is 11.6 Å². The van der Waals surface area contributed by atoms with Gasteiger partial charge in [0.2, 0.25) is 0 Å². The number of hydrogen-bond acceptors (Lipinski definition) is 3. The fourth-order valence-electron chi connectivity index (χ4n) is 2.17. The van der Waals surface area contributed by atoms with Gasteiger partial charge in [-0.15, -0.1) is 0 Å². The number of amides is 1. The number of benzene rings is 1. The Kier molecular flexibility index (Phi) is 3.75. The highest BCUT2D eigenvalue weighted by atomic mass is 16.5. The Balaban J connectivity index is 2.31. The summed E-state index contributed by atoms with van der Waals surface area (Å²) in [7, 11) is 1.56. The van der Waals surface area contributed by atoms with Crippen molar-refractivity contribution in [1.82, 2.24) is 4.90 Å². The number of nitrogen functional groups attached to an aromatic ring is 1. The Hall–Kier alpha value is -1.71. The molecule has 0 saturated heterocycles. The summed E-state index contributed by atoms with van der Waals surface area (Å²) in [5, 5.41) is 0. The smallest absolute Gasteiger partial charge is 0.259 e. The summed E-state index contributed by atoms with van der Waals surface area (Å²) in [6.45, 7) is 2.86. The number of carbonyl (C=O) groups excluding carboxylic acids is 1. The normalized spacial score (nSPS) is 14.3. The predicted molar refractivity (Wildman–Crippen MR) is 71.8 cm³/mol. The number of hydrogen-bond donors (Lipinski definition) is 1. The predicted octanol–water partition coefficient (Wildman–Crippen LogP) is 2.29. The van der Waals surface area contributed by atoms with Crippen LogP contribution in [0.3, 0.4) is 0 Å². The average Bonchev–Trinajstić information content (AvgIpc) is 3.19. The molecule has 0 spiro atoms. The minimum atomic E-state index is -0.00528. The largest absolute Gasteiger partial charge is 0.496 e. The van der Waals surface area contributed by atoms with Gasteiger partial charge in [-0.1, -0.05) is 13.0 Å². The standard InChI is InChI=1S/C14H20N2O2/c1-3-9-16(10-7-8-10)14(17)13-11(15)5-4-6-12(13)18-2/h4-6,10H,3,7-9,15H2,1-2H3. The van der Waals surface area contributed by atoms with E-state index in [1.165, 1.54) is 0 Å². The molecule has 2 N–H and O–H groups in total. The molecule has 2 rings (SSSR count). The number of nitrogens with zero attached hydrogens (tertiary/aromatic N) is 1. The fraction of sp³-hybridized carbons (Fsp3) is 0.500. The van der Waals surface area contributed by atoms with Gasteiger partial charge in [-0.2, -0.15) is 0 Å². The van der Waals surface area contributed by atoms with E-state index in [2.05, 4.69) is 6.92 Å². The molecule has 1 aromatic carbocycles. The van der Waals surface area contributed by atoms with Crippen molar-refractivity contribution in [3.63, 3.8) is 0 Å². The second kappa shape index (κ2) is 5.29. The van der Waals surface area contributed by atoms with E-state index in [-0.39, 0.29) is 5.91 Å². The molecule has 0 aromatic heterocycles. The third-order valence-electron chi connectivity index (χ3n) is 3.21. The van der Waals surface area contributed by atoms with Crippen molar-refractivity contribution in [3.8, 4) is 5.75 Å². The zero-order chi connectivity index (χ0) is 13.1. The van der Waals surface area contributed by atoms with Crippen molar-refractivity contribution in [1.29, 1.82) is 0 Å². The number of carbonyl (C=O) groups is 1. The van der Waals surface area contributed by atoms with Gasteiger partial charge in [0.15, 0.2) is 0 Å². The Morgan fingerprint density at radius 2 is 2.22 bits per heavy atom. The molecule has 4 heteroatoms. The SMILES string of the molecule is CCCN(C(=O)c1c(N)cccc1OC)C1CC1. The Bertz CT molecular complexity index is 441. The van der Waals surface area contributed by atoms with E-state index in [9.17, 15) is 4.79 Å². The summed E-state index contributed by atoms with van der Waals surface area (Å²) in [5.74, 6) is 0.552. The van der Waals surface area contributed by atoms with E-state index in [1.54, 1.807) is 25.3 Å². The molecule has 4 nitrogen and oxygen atoms in total. The average molecular weight is 248 g/mol. The molecular formula is C14H20N2O2. The second-order valence-electron chi connectivity index (χ2n) is 4.65. The molecule has 0 bridgehead atoms. The maximum atomic E-state index is 12.6. The monoisotopic (exact) mass is 248 g/mol. The van der Waals surface area contributed by atoms with Crippen LogP contribution in [-0.4, -0.2) is 30.5 Å². The summed E-state index contributed by atoms with van der Waals surface area (Å²) in [4.78, 5) is 14.5. The maximum absolute atomic E-state index is 12.6. The van der Waals surface area contributed by atoms with E-state index in [0.29, 0.717) is 23.0 Å². The van der Waals surface area contributed by atoms with Crippen LogP contribution in [0.4, 0.5) is 5.69 Å². The van der Waals surface area contributed by atoms with Crippen LogP contribution in [0.5, 0.6) is 5.75 Å². The van der Waals surface area contributed by atoms with Crippen LogP contribution in [-0.2, 0) is 0 Å². The van der Waals surface area contributed by atoms with E-state index < -0.39 is 0 Å². The molecule has 18 heavy (non-hydrogen) atoms. The van der Waals surface area contributed by atoms with Crippen molar-refractivity contribution in [2.24, 2.45) is 0 Å². The van der Waals surface area contributed by atoms with E-state index in [0.717, 1.165) is 25.8 Å². The maximum Gasteiger partial charge on any atom is 0.259 e. The van der Waals surface area contributed by atoms with E-state index in [1.807, 2.05) is 4.90 Å². The van der Waals surface area contributed by atoms with Crippen LogP contribution in [0, 0.1) is 0 Å². The molecule has 98 valence electrons. The Labute approximate surface area is 108 Å². The minimum Gasteiger partial charge on any atom is -0.496 e. The third-order valence-corrected chi connectivity index (χ3v) is 3.21. The van der Waals surface area contributed by atoms with Crippen LogP contribution >= 0.6 is 0 Å². The number of rotatable bonds is 5. The number of nitrogens with two attached hydrogens (primary N) is 1. The van der Waals surface area contributed by atoms with Crippen LogP contribution in [0.1, 0.15) is 36.5 Å². The highest BCUT2D eigenvalue weighted by Gasteiger charge is 2.34. The number of anilines is 1. The van der Waals surface area contributed by atoms with Crippen LogP contribution in [0.25, 0.3) is 0 Å². The van der Waals surface area contributed by atoms with Crippen molar-refractivity contribution in [2.45, 2.75) is 32.2 Å². The lowest BCUT2D eigenvalue weighted by Crippen LogP contribution is -2.34. The third kappa shape index (κ3) is 2.42. The Morgan fingerprint density at radius 3 is 2.78 bits per heavy atom. The summed E-state index contributed by atoms with van der Waals surface area (Å²) in [5.41, 5.74) is 6.91. The zero-order valence-corrected chi connectivity index (χ0v) is 11.0. The molecular weight excluding hydrogens is 228 g/mol. The lowest BCUT2D eigenvalue weighted by Gasteiger charge is -2.23. The molecule has 1 aliphatic rings. The first-order valence-electron chi connectivity index (χ1n) is 6.42. The molecule has 0 radical (unpaired) electrons. The second-order valence-corrected chi connectivity index (χ2v) is 4.65. The summed E-state index contributed by atoms with van der Waals surface area (Å²) in [6, 6.07) is 5.71. The molecule has 1 aromatic rings. The van der Waals surface area contributed by atoms with Gasteiger partial charge in [0.05, 0.1) is 7.11 Å². The fourth-order valence-corrected chi connectivity index (χ4v) is 2.17. The molecule has 0 aliphatic heterocycles. The van der Waals surface area contributed by atoms with Gasteiger partial charge >= 0.3 is 0 Å². The number of methoxy groups -OCH3 is 1. The first-order valence-corrected chi connectivity index (χ1v) is 6.42. The van der Waals surface area contributed by atoms with Crippen LogP contribution < -0.4 is 10.5 Å². The topological polar surface area (TPSA) is 55.6 Å². The van der Waals surface area contributed by atoms with Crippen molar-refractivity contribution < 1.29 is 9.53 Å². The van der Waals surface area contributed by atoms with Gasteiger partial charge in [-0.05, 0) is 31.4 Å². The van der Waals surface area contributed by atoms with Gasteiger partial charge in [-0.3, -0.25) is 4.79 Å². The van der Waals surface area contributed by atoms with Crippen molar-refractivity contribution in [2.75, 3.05) is 19.4 Å². The molecule has 1 saturated carbocycles. The molecule has 0 atom stereocenters. The van der Waals surface area contributed by atoms with Gasteiger partial charge in [-0.25, -0.2) is 0 Å². The molecule has 0 heterocycles. The lowest BCUT2D eigenvalue weighted by atomic mass is 10.1. The molecule has 1 aliphatic carbocycles. The van der Waals surface area contributed by atoms with E-state index in [4.69, 9.17) is 10.5 Å². The van der Waals surface area contributed by atoms with Gasteiger partial charge in [0.25, 0.3) is 5.91 Å².